The minimum absolute atomic E-state index is 0. The van der Waals surface area contributed by atoms with Gasteiger partial charge in [-0.2, -0.15) is 0 Å². The predicted molar refractivity (Wildman–Crippen MR) is 25.6 cm³/mol. The summed E-state index contributed by atoms with van der Waals surface area (Å²) in [6.45, 7) is 0. The molecule has 0 aromatic carbocycles. The summed E-state index contributed by atoms with van der Waals surface area (Å²) in [5, 5.41) is 0. The van der Waals surface area contributed by atoms with Crippen LogP contribution in [0.1, 0.15) is 0 Å². The van der Waals surface area contributed by atoms with E-state index in [9.17, 15) is 0 Å². The first-order valence-corrected chi connectivity index (χ1v) is 0. The van der Waals surface area contributed by atoms with Crippen LogP contribution < -0.4 is 0 Å². The van der Waals surface area contributed by atoms with Crippen LogP contribution in [0.4, 0.5) is 0 Å². The van der Waals surface area contributed by atoms with E-state index in [2.05, 4.69) is 0 Å². The van der Waals surface area contributed by atoms with Crippen LogP contribution >= 0.6 is 0 Å². The van der Waals surface area contributed by atoms with Crippen LogP contribution in [-0.2, 0) is 21.7 Å². The average Bonchev–Trinajstić information content (AvgIpc) is 0. The van der Waals surface area contributed by atoms with Gasteiger partial charge in [0.15, 0.2) is 0 Å². The Kier molecular flexibility index (Phi) is 93.4. The molecular formula is H6BaCaSnTi. The summed E-state index contributed by atoms with van der Waals surface area (Å²) in [5.74, 6) is 0. The van der Waals surface area contributed by atoms with Crippen molar-refractivity contribution in [3.8, 4) is 0 Å². The van der Waals surface area contributed by atoms with Gasteiger partial charge in [0.1, 0.15) is 0 Å². The molecule has 0 atom stereocenters. The third-order valence-corrected chi connectivity index (χ3v) is 0. The Labute approximate surface area is 128 Å². The molecule has 0 saturated heterocycles. The van der Waals surface area contributed by atoms with E-state index in [0.717, 1.165) is 0 Å². The van der Waals surface area contributed by atoms with Gasteiger partial charge < -0.3 is 0 Å². The van der Waals surface area contributed by atoms with Crippen LogP contribution in [-0.4, -0.2) is 111 Å². The second-order valence-electron chi connectivity index (χ2n) is 0. The zero-order valence-corrected chi connectivity index (χ0v) is 6.80. The second-order valence-corrected chi connectivity index (χ2v) is 0. The molecule has 18 valence electrons. The van der Waals surface area contributed by atoms with Crippen LogP contribution in [0, 0.1) is 0 Å². The fourth-order valence-electron chi connectivity index (χ4n) is 0. The molecule has 0 spiro atoms. The van der Waals surface area contributed by atoms with Crippen molar-refractivity contribution < 1.29 is 21.7 Å². The third-order valence-electron chi connectivity index (χ3n) is 0. The van der Waals surface area contributed by atoms with E-state index in [0.29, 0.717) is 0 Å². The molecule has 4 heteroatoms. The predicted octanol–water partition coefficient (Wildman–Crippen LogP) is -2.75. The van der Waals surface area contributed by atoms with Crippen molar-refractivity contribution in [2.24, 2.45) is 0 Å². The molecule has 0 bridgehead atoms. The summed E-state index contributed by atoms with van der Waals surface area (Å²) >= 11 is 0. The van der Waals surface area contributed by atoms with Gasteiger partial charge in [-0.15, -0.1) is 0 Å². The Bertz CT molecular complexity index is 8.00. The molecule has 0 heterocycles. The summed E-state index contributed by atoms with van der Waals surface area (Å²) in [6, 6.07) is 0. The minimum Gasteiger partial charge on any atom is 0 e. The van der Waals surface area contributed by atoms with Crippen molar-refractivity contribution in [2.45, 2.75) is 0 Å². The Morgan fingerprint density at radius 2 is 1.00 bits per heavy atom. The first kappa shape index (κ1) is 23.8. The average molecular weight is 350 g/mol. The van der Waals surface area contributed by atoms with E-state index >= 15 is 0 Å². The molecule has 0 amide bonds. The quantitative estimate of drug-likeness (QED) is 0.416. The van der Waals surface area contributed by atoms with Gasteiger partial charge >= 0.3 is 111 Å². The van der Waals surface area contributed by atoms with Crippen molar-refractivity contribution in [1.29, 1.82) is 0 Å². The molecule has 0 rings (SSSR count). The molecule has 0 aliphatic heterocycles. The van der Waals surface area contributed by atoms with Crippen molar-refractivity contribution in [3.63, 3.8) is 0 Å². The fraction of sp³-hybridized carbons (Fsp3) is 0. The first-order chi connectivity index (χ1) is 0. The second kappa shape index (κ2) is 15.7. The van der Waals surface area contributed by atoms with E-state index < -0.39 is 0 Å². The molecule has 0 nitrogen and oxygen atoms in total. The summed E-state index contributed by atoms with van der Waals surface area (Å²) in [6.07, 6.45) is 0. The largest absolute Gasteiger partial charge is 0 e. The number of rotatable bonds is 0. The fourth-order valence-corrected chi connectivity index (χ4v) is 0. The summed E-state index contributed by atoms with van der Waals surface area (Å²) in [4.78, 5) is 0. The van der Waals surface area contributed by atoms with E-state index in [1.165, 1.54) is 0 Å². The van der Waals surface area contributed by atoms with Crippen molar-refractivity contribution in [2.75, 3.05) is 0 Å². The van der Waals surface area contributed by atoms with Gasteiger partial charge in [0.25, 0.3) is 0 Å². The van der Waals surface area contributed by atoms with Gasteiger partial charge in [-0.05, 0) is 0 Å². The van der Waals surface area contributed by atoms with Crippen LogP contribution in [0.25, 0.3) is 0 Å². The van der Waals surface area contributed by atoms with Gasteiger partial charge in [-0.25, -0.2) is 0 Å². The Hall–Kier alpha value is 4.34. The Morgan fingerprint density at radius 3 is 1.00 bits per heavy atom. The maximum atomic E-state index is 0. The van der Waals surface area contributed by atoms with E-state index in [1.54, 1.807) is 0 Å². The summed E-state index contributed by atoms with van der Waals surface area (Å²) < 4.78 is 0. The zero-order valence-electron chi connectivity index (χ0n) is 1.21. The summed E-state index contributed by atoms with van der Waals surface area (Å²) in [5.41, 5.74) is 0. The molecule has 0 aromatic rings. The van der Waals surface area contributed by atoms with E-state index in [4.69, 9.17) is 0 Å². The van der Waals surface area contributed by atoms with Crippen molar-refractivity contribution in [1.82, 2.24) is 0 Å². The summed E-state index contributed by atoms with van der Waals surface area (Å²) in [7, 11) is 0. The van der Waals surface area contributed by atoms with Crippen LogP contribution in [0.5, 0.6) is 0 Å². The van der Waals surface area contributed by atoms with Gasteiger partial charge in [0.05, 0.1) is 0 Å². The van der Waals surface area contributed by atoms with Crippen LogP contribution in [0.15, 0.2) is 0 Å². The standard InChI is InChI=1S/Ba.Ca.Sn.Ti.6H. The van der Waals surface area contributed by atoms with Crippen LogP contribution in [0.2, 0.25) is 0 Å². The Morgan fingerprint density at radius 1 is 1.00 bits per heavy atom. The van der Waals surface area contributed by atoms with Gasteiger partial charge in [-0.3, -0.25) is 0 Å². The molecular weight excluding hydrogens is 344 g/mol. The molecule has 0 unspecified atom stereocenters. The van der Waals surface area contributed by atoms with Gasteiger partial charge in [-0.1, -0.05) is 0 Å². The molecule has 4 heavy (non-hydrogen) atoms. The third kappa shape index (κ3) is 9.60. The number of hydrogen-bond donors (Lipinski definition) is 0. The smallest absolute Gasteiger partial charge is 0 e. The number of hydrogen-bond acceptors (Lipinski definition) is 0. The van der Waals surface area contributed by atoms with Gasteiger partial charge in [0, 0.05) is 21.7 Å². The maximum absolute atomic E-state index is 0. The van der Waals surface area contributed by atoms with Gasteiger partial charge in [0.2, 0.25) is 0 Å². The molecule has 2 radical (unpaired) electrons. The topological polar surface area (TPSA) is 0 Å². The van der Waals surface area contributed by atoms with Crippen LogP contribution in [0.3, 0.4) is 0 Å². The minimum atomic E-state index is 0. The first-order valence-electron chi connectivity index (χ1n) is 0. The Balaban J connectivity index is 0. The molecule has 0 aromatic heterocycles. The molecule has 0 N–H and O–H groups in total. The SMILES string of the molecule is [BaH2].[CaH2].[SnH2].[Ti]. The van der Waals surface area contributed by atoms with E-state index in [-0.39, 0.29) is 132 Å². The zero-order chi connectivity index (χ0) is 0. The van der Waals surface area contributed by atoms with E-state index in [1.807, 2.05) is 0 Å². The molecule has 0 fully saturated rings. The van der Waals surface area contributed by atoms with Crippen molar-refractivity contribution >= 4 is 111 Å². The molecule has 0 aliphatic carbocycles. The normalized spacial score (nSPS) is 0. The van der Waals surface area contributed by atoms with Crippen molar-refractivity contribution in [3.05, 3.63) is 0 Å². The molecule has 0 aliphatic rings. The monoisotopic (exact) mass is 352 g/mol. The maximum Gasteiger partial charge on any atom is 0 e. The molecule has 0 saturated carbocycles.